The van der Waals surface area contributed by atoms with Crippen molar-refractivity contribution in [3.63, 3.8) is 0 Å². The van der Waals surface area contributed by atoms with Crippen molar-refractivity contribution in [1.82, 2.24) is 10.2 Å². The number of halogens is 1. The van der Waals surface area contributed by atoms with Gasteiger partial charge in [0.1, 0.15) is 0 Å². The minimum Gasteiger partial charge on any atom is -0.468 e. The Balaban J connectivity index is 2.13. The van der Waals surface area contributed by atoms with Crippen LogP contribution in [-0.2, 0) is 19.1 Å². The molecule has 0 unspecified atom stereocenters. The Bertz CT molecular complexity index is 722. The number of methoxy groups -OCH3 is 1. The van der Waals surface area contributed by atoms with E-state index in [0.717, 1.165) is 4.90 Å². The molecule has 2 aliphatic rings. The van der Waals surface area contributed by atoms with Crippen molar-refractivity contribution in [3.05, 3.63) is 34.9 Å². The van der Waals surface area contributed by atoms with Crippen molar-refractivity contribution >= 4 is 29.4 Å². The van der Waals surface area contributed by atoms with Crippen LogP contribution in [0.25, 0.3) is 0 Å². The van der Waals surface area contributed by atoms with Crippen LogP contribution in [0.1, 0.15) is 18.5 Å². The van der Waals surface area contributed by atoms with E-state index in [-0.39, 0.29) is 12.5 Å². The summed E-state index contributed by atoms with van der Waals surface area (Å²) in [5.74, 6) is -3.40. The predicted molar refractivity (Wildman–Crippen MR) is 88.5 cm³/mol. The summed E-state index contributed by atoms with van der Waals surface area (Å²) in [5.41, 5.74) is -0.946. The number of rotatable bonds is 4. The summed E-state index contributed by atoms with van der Waals surface area (Å²) >= 11 is 5.92. The van der Waals surface area contributed by atoms with Gasteiger partial charge in [-0.2, -0.15) is 0 Å². The number of aliphatic hydroxyl groups excluding tert-OH is 1. The maximum absolute atomic E-state index is 12.8. The van der Waals surface area contributed by atoms with Crippen LogP contribution in [0.15, 0.2) is 24.3 Å². The molecule has 7 nitrogen and oxygen atoms in total. The van der Waals surface area contributed by atoms with Gasteiger partial charge in [0.25, 0.3) is 0 Å². The van der Waals surface area contributed by atoms with Crippen molar-refractivity contribution in [1.29, 1.82) is 0 Å². The number of nitrogens with zero attached hydrogens (tertiary/aromatic N) is 1. The number of carbonyl (C=O) groups is 3. The van der Waals surface area contributed by atoms with E-state index in [0.29, 0.717) is 10.6 Å². The molecule has 2 heterocycles. The third-order valence-electron chi connectivity index (χ3n) is 5.09. The van der Waals surface area contributed by atoms with Crippen LogP contribution in [0.5, 0.6) is 0 Å². The average molecular weight is 367 g/mol. The largest absolute Gasteiger partial charge is 0.468 e. The van der Waals surface area contributed by atoms with E-state index in [1.807, 2.05) is 0 Å². The summed E-state index contributed by atoms with van der Waals surface area (Å²) in [7, 11) is 1.19. The van der Waals surface area contributed by atoms with Crippen molar-refractivity contribution in [2.75, 3.05) is 20.3 Å². The molecule has 0 saturated carbocycles. The van der Waals surface area contributed by atoms with Gasteiger partial charge in [-0.3, -0.25) is 19.8 Å². The fourth-order valence-electron chi connectivity index (χ4n) is 3.91. The number of nitrogens with one attached hydrogen (secondary N) is 1. The molecule has 0 bridgehead atoms. The van der Waals surface area contributed by atoms with Gasteiger partial charge in [0.2, 0.25) is 11.8 Å². The number of benzene rings is 1. The molecule has 134 valence electrons. The molecule has 4 atom stereocenters. The smallest absolute Gasteiger partial charge is 0.329 e. The Kier molecular flexibility index (Phi) is 4.57. The lowest BCUT2D eigenvalue weighted by molar-refractivity contribution is -0.156. The number of fused-ring (bicyclic) bond motifs is 1. The summed E-state index contributed by atoms with van der Waals surface area (Å²) < 4.78 is 4.83. The highest BCUT2D eigenvalue weighted by Gasteiger charge is 2.68. The summed E-state index contributed by atoms with van der Waals surface area (Å²) in [6.07, 6.45) is 0. The molecular weight excluding hydrogens is 348 g/mol. The number of amides is 2. The topological polar surface area (TPSA) is 95.9 Å². The Labute approximate surface area is 149 Å². The molecule has 0 spiro atoms. The lowest BCUT2D eigenvalue weighted by atomic mass is 9.79. The first kappa shape index (κ1) is 17.8. The molecule has 2 amide bonds. The Morgan fingerprint density at radius 3 is 2.48 bits per heavy atom. The van der Waals surface area contributed by atoms with E-state index in [2.05, 4.69) is 5.32 Å². The number of imide groups is 1. The second-order valence-electron chi connectivity index (χ2n) is 6.22. The monoisotopic (exact) mass is 366 g/mol. The van der Waals surface area contributed by atoms with Crippen molar-refractivity contribution < 1.29 is 24.2 Å². The molecule has 8 heteroatoms. The van der Waals surface area contributed by atoms with Crippen molar-refractivity contribution in [3.8, 4) is 0 Å². The molecule has 25 heavy (non-hydrogen) atoms. The molecule has 2 aliphatic heterocycles. The van der Waals surface area contributed by atoms with Gasteiger partial charge in [0, 0.05) is 17.6 Å². The zero-order valence-electron chi connectivity index (χ0n) is 13.9. The van der Waals surface area contributed by atoms with E-state index in [4.69, 9.17) is 16.3 Å². The zero-order chi connectivity index (χ0) is 18.4. The van der Waals surface area contributed by atoms with E-state index in [1.54, 1.807) is 31.2 Å². The molecule has 2 fully saturated rings. The highest BCUT2D eigenvalue weighted by Crippen LogP contribution is 2.49. The maximum Gasteiger partial charge on any atom is 0.329 e. The number of hydrogen-bond acceptors (Lipinski definition) is 6. The summed E-state index contributed by atoms with van der Waals surface area (Å²) in [4.78, 5) is 39.1. The fourth-order valence-corrected chi connectivity index (χ4v) is 4.04. The molecular formula is C17H19ClN2O5. The van der Waals surface area contributed by atoms with Crippen LogP contribution in [0.4, 0.5) is 0 Å². The lowest BCUT2D eigenvalue weighted by Crippen LogP contribution is -2.58. The van der Waals surface area contributed by atoms with Gasteiger partial charge in [-0.15, -0.1) is 0 Å². The van der Waals surface area contributed by atoms with Crippen LogP contribution in [0.2, 0.25) is 5.02 Å². The number of ether oxygens (including phenoxy) is 1. The highest BCUT2D eigenvalue weighted by atomic mass is 35.5. The Hall–Kier alpha value is -1.96. The van der Waals surface area contributed by atoms with Crippen LogP contribution in [0, 0.1) is 11.8 Å². The average Bonchev–Trinajstić information content (AvgIpc) is 3.10. The molecule has 1 aromatic rings. The number of esters is 1. The first-order chi connectivity index (χ1) is 11.9. The van der Waals surface area contributed by atoms with Crippen molar-refractivity contribution in [2.45, 2.75) is 18.5 Å². The maximum atomic E-state index is 12.8. The van der Waals surface area contributed by atoms with Crippen LogP contribution in [0.3, 0.4) is 0 Å². The van der Waals surface area contributed by atoms with Gasteiger partial charge < -0.3 is 9.84 Å². The standard InChI is InChI=1S/C17H19ClN2O5/c1-3-20-14(22)11-12(15(20)23)17(8-21,16(24)25-2)19-13(11)9-4-6-10(18)7-5-9/h4-7,11-13,19,21H,3,8H2,1-2H3/t11-,12+,13-,17-/m1/s1. The minimum absolute atomic E-state index is 0.209. The van der Waals surface area contributed by atoms with Crippen LogP contribution in [-0.4, -0.2) is 53.6 Å². The van der Waals surface area contributed by atoms with Gasteiger partial charge in [0.05, 0.1) is 25.6 Å². The fraction of sp³-hybridized carbons (Fsp3) is 0.471. The van der Waals surface area contributed by atoms with Gasteiger partial charge in [-0.05, 0) is 24.6 Å². The molecule has 3 rings (SSSR count). The first-order valence-electron chi connectivity index (χ1n) is 7.99. The van der Waals surface area contributed by atoms with E-state index in [1.165, 1.54) is 7.11 Å². The number of carbonyl (C=O) groups excluding carboxylic acids is 3. The molecule has 0 aliphatic carbocycles. The third kappa shape index (κ3) is 2.46. The van der Waals surface area contributed by atoms with Gasteiger partial charge in [-0.25, -0.2) is 4.79 Å². The SMILES string of the molecule is CCN1C(=O)[C@H]2[C@@H](c3ccc(Cl)cc3)N[C@@](CO)(C(=O)OC)[C@@H]2C1=O. The Morgan fingerprint density at radius 2 is 1.96 bits per heavy atom. The lowest BCUT2D eigenvalue weighted by Gasteiger charge is -2.30. The molecule has 0 aromatic heterocycles. The quantitative estimate of drug-likeness (QED) is 0.595. The molecule has 1 aromatic carbocycles. The van der Waals surface area contributed by atoms with E-state index in [9.17, 15) is 19.5 Å². The highest BCUT2D eigenvalue weighted by molar-refractivity contribution is 6.30. The molecule has 0 radical (unpaired) electrons. The number of likely N-dealkylation sites (tertiary alicyclic amines) is 1. The zero-order valence-corrected chi connectivity index (χ0v) is 14.6. The van der Waals surface area contributed by atoms with Crippen LogP contribution < -0.4 is 5.32 Å². The predicted octanol–water partition coefficient (Wildman–Crippen LogP) is 0.509. The van der Waals surface area contributed by atoms with Crippen LogP contribution >= 0.6 is 11.6 Å². The van der Waals surface area contributed by atoms with E-state index >= 15 is 0 Å². The van der Waals surface area contributed by atoms with Gasteiger partial charge >= 0.3 is 5.97 Å². The second kappa shape index (κ2) is 6.40. The molecule has 2 N–H and O–H groups in total. The van der Waals surface area contributed by atoms with E-state index < -0.39 is 41.9 Å². The summed E-state index contributed by atoms with van der Waals surface area (Å²) in [6, 6.07) is 6.19. The third-order valence-corrected chi connectivity index (χ3v) is 5.34. The minimum atomic E-state index is -1.65. The normalized spacial score (nSPS) is 31.4. The summed E-state index contributed by atoms with van der Waals surface area (Å²) in [6.45, 7) is 1.25. The van der Waals surface area contributed by atoms with Crippen molar-refractivity contribution in [2.24, 2.45) is 11.8 Å². The van der Waals surface area contributed by atoms with Gasteiger partial charge in [0.15, 0.2) is 5.54 Å². The number of aliphatic hydroxyl groups is 1. The van der Waals surface area contributed by atoms with Gasteiger partial charge in [-0.1, -0.05) is 23.7 Å². The summed E-state index contributed by atoms with van der Waals surface area (Å²) in [5, 5.41) is 13.5. The Morgan fingerprint density at radius 1 is 1.32 bits per heavy atom. The number of hydrogen-bond donors (Lipinski definition) is 2. The molecule has 2 saturated heterocycles. The first-order valence-corrected chi connectivity index (χ1v) is 8.36. The second-order valence-corrected chi connectivity index (χ2v) is 6.66.